The van der Waals surface area contributed by atoms with Gasteiger partial charge >= 0.3 is 6.09 Å². The van der Waals surface area contributed by atoms with E-state index in [4.69, 9.17) is 4.74 Å². The lowest BCUT2D eigenvalue weighted by Crippen LogP contribution is -2.39. The molecule has 0 aromatic heterocycles. The summed E-state index contributed by atoms with van der Waals surface area (Å²) < 4.78 is 5.08. The quantitative estimate of drug-likeness (QED) is 0.527. The van der Waals surface area contributed by atoms with Crippen molar-refractivity contribution in [3.63, 3.8) is 0 Å². The van der Waals surface area contributed by atoms with Gasteiger partial charge in [-0.15, -0.1) is 0 Å². The molecule has 0 aliphatic heterocycles. The molecule has 0 spiro atoms. The number of hydrogen-bond donors (Lipinski definition) is 4. The van der Waals surface area contributed by atoms with Crippen LogP contribution in [-0.4, -0.2) is 36.0 Å². The van der Waals surface area contributed by atoms with Gasteiger partial charge < -0.3 is 26.0 Å². The molecule has 0 saturated carbocycles. The molecular weight excluding hydrogens is 412 g/mol. The third-order valence-electron chi connectivity index (χ3n) is 3.98. The van der Waals surface area contributed by atoms with Crippen LogP contribution in [0, 0.1) is 0 Å². The Labute approximate surface area is 186 Å². The molecule has 0 bridgehead atoms. The molecule has 0 unspecified atom stereocenters. The molecule has 0 saturated heterocycles. The van der Waals surface area contributed by atoms with Crippen molar-refractivity contribution < 1.29 is 23.9 Å². The average Bonchev–Trinajstić information content (AvgIpc) is 2.70. The highest BCUT2D eigenvalue weighted by Gasteiger charge is 2.17. The minimum absolute atomic E-state index is 0.150. The third kappa shape index (κ3) is 8.47. The molecule has 9 nitrogen and oxygen atoms in total. The molecule has 32 heavy (non-hydrogen) atoms. The van der Waals surface area contributed by atoms with Crippen LogP contribution in [0.4, 0.5) is 16.2 Å². The first-order valence-corrected chi connectivity index (χ1v) is 10.0. The van der Waals surface area contributed by atoms with Gasteiger partial charge in [-0.1, -0.05) is 24.3 Å². The molecule has 2 rings (SSSR count). The number of carbonyl (C=O) groups is 4. The van der Waals surface area contributed by atoms with Crippen molar-refractivity contribution in [2.75, 3.05) is 17.2 Å². The van der Waals surface area contributed by atoms with Crippen molar-refractivity contribution in [3.05, 3.63) is 59.7 Å². The first-order chi connectivity index (χ1) is 15.0. The molecule has 0 atom stereocenters. The Morgan fingerprint density at radius 3 is 2.31 bits per heavy atom. The number of ether oxygens (including phenoxy) is 1. The van der Waals surface area contributed by atoms with Crippen LogP contribution in [0.15, 0.2) is 48.5 Å². The van der Waals surface area contributed by atoms with Crippen LogP contribution < -0.4 is 21.3 Å². The van der Waals surface area contributed by atoms with E-state index in [0.717, 1.165) is 0 Å². The van der Waals surface area contributed by atoms with E-state index < -0.39 is 17.6 Å². The molecule has 0 radical (unpaired) electrons. The van der Waals surface area contributed by atoms with Gasteiger partial charge in [-0.3, -0.25) is 14.4 Å². The SMILES string of the molecule is CC(=O)Nc1cccc(C(=O)Nc2ccccc2CNC(=O)CNC(=O)OC(C)(C)C)c1. The normalized spacial score (nSPS) is 10.6. The van der Waals surface area contributed by atoms with Gasteiger partial charge in [0.1, 0.15) is 12.1 Å². The summed E-state index contributed by atoms with van der Waals surface area (Å²) in [6, 6.07) is 13.6. The highest BCUT2D eigenvalue weighted by atomic mass is 16.6. The highest BCUT2D eigenvalue weighted by molar-refractivity contribution is 6.05. The zero-order valence-electron chi connectivity index (χ0n) is 18.6. The van der Waals surface area contributed by atoms with E-state index in [1.54, 1.807) is 69.3 Å². The van der Waals surface area contributed by atoms with E-state index in [2.05, 4.69) is 21.3 Å². The fourth-order valence-corrected chi connectivity index (χ4v) is 2.66. The fraction of sp³-hybridized carbons (Fsp3) is 0.304. The van der Waals surface area contributed by atoms with E-state index >= 15 is 0 Å². The second-order valence-electron chi connectivity index (χ2n) is 8.01. The zero-order chi connectivity index (χ0) is 23.7. The van der Waals surface area contributed by atoms with Crippen LogP contribution in [-0.2, 0) is 20.9 Å². The minimum atomic E-state index is -0.679. The van der Waals surface area contributed by atoms with Gasteiger partial charge in [0, 0.05) is 30.4 Å². The summed E-state index contributed by atoms with van der Waals surface area (Å²) in [4.78, 5) is 47.6. The average molecular weight is 441 g/mol. The smallest absolute Gasteiger partial charge is 0.408 e. The minimum Gasteiger partial charge on any atom is -0.444 e. The first kappa shape index (κ1) is 24.4. The maximum absolute atomic E-state index is 12.7. The van der Waals surface area contributed by atoms with Crippen LogP contribution >= 0.6 is 0 Å². The van der Waals surface area contributed by atoms with Gasteiger partial charge in [-0.05, 0) is 50.6 Å². The molecule has 0 fully saturated rings. The van der Waals surface area contributed by atoms with Crippen molar-refractivity contribution >= 4 is 35.2 Å². The standard InChI is InChI=1S/C23H28N4O5/c1-15(28)26-18-10-7-9-16(12-18)21(30)27-19-11-6-5-8-17(19)13-24-20(29)14-25-22(31)32-23(2,3)4/h5-12H,13-14H2,1-4H3,(H,24,29)(H,25,31)(H,26,28)(H,27,30). The molecule has 4 N–H and O–H groups in total. The summed E-state index contributed by atoms with van der Waals surface area (Å²) in [7, 11) is 0. The van der Waals surface area contributed by atoms with E-state index in [1.165, 1.54) is 6.92 Å². The van der Waals surface area contributed by atoms with Crippen molar-refractivity contribution in [1.29, 1.82) is 0 Å². The Kier molecular flexibility index (Phi) is 8.34. The Hall–Kier alpha value is -3.88. The summed E-state index contributed by atoms with van der Waals surface area (Å²) in [5.41, 5.74) is 1.45. The van der Waals surface area contributed by atoms with Crippen LogP contribution in [0.5, 0.6) is 0 Å². The maximum atomic E-state index is 12.7. The molecule has 2 aromatic carbocycles. The summed E-state index contributed by atoms with van der Waals surface area (Å²) in [6.07, 6.45) is -0.679. The topological polar surface area (TPSA) is 126 Å². The predicted octanol–water partition coefficient (Wildman–Crippen LogP) is 3.04. The molecule has 0 heterocycles. The van der Waals surface area contributed by atoms with E-state index in [0.29, 0.717) is 22.5 Å². The molecule has 0 aliphatic rings. The lowest BCUT2D eigenvalue weighted by atomic mass is 10.1. The number of carbonyl (C=O) groups excluding carboxylic acids is 4. The van der Waals surface area contributed by atoms with Crippen LogP contribution in [0.3, 0.4) is 0 Å². The number of para-hydroxylation sites is 1. The molecule has 4 amide bonds. The van der Waals surface area contributed by atoms with Gasteiger partial charge in [0.15, 0.2) is 0 Å². The third-order valence-corrected chi connectivity index (χ3v) is 3.98. The van der Waals surface area contributed by atoms with Crippen LogP contribution in [0.2, 0.25) is 0 Å². The second-order valence-corrected chi connectivity index (χ2v) is 8.01. The Balaban J connectivity index is 1.95. The van der Waals surface area contributed by atoms with E-state index in [-0.39, 0.29) is 24.9 Å². The number of rotatable bonds is 7. The predicted molar refractivity (Wildman–Crippen MR) is 121 cm³/mol. The van der Waals surface area contributed by atoms with Crippen molar-refractivity contribution in [1.82, 2.24) is 10.6 Å². The van der Waals surface area contributed by atoms with Gasteiger partial charge in [-0.25, -0.2) is 4.79 Å². The lowest BCUT2D eigenvalue weighted by molar-refractivity contribution is -0.120. The molecule has 0 aliphatic carbocycles. The van der Waals surface area contributed by atoms with Crippen molar-refractivity contribution in [2.45, 2.75) is 39.8 Å². The second kappa shape index (κ2) is 10.9. The van der Waals surface area contributed by atoms with Crippen molar-refractivity contribution in [3.8, 4) is 0 Å². The molecular formula is C23H28N4O5. The van der Waals surface area contributed by atoms with Gasteiger partial charge in [-0.2, -0.15) is 0 Å². The Bertz CT molecular complexity index is 998. The zero-order valence-corrected chi connectivity index (χ0v) is 18.6. The summed E-state index contributed by atoms with van der Waals surface area (Å²) in [6.45, 7) is 6.49. The van der Waals surface area contributed by atoms with Crippen LogP contribution in [0.1, 0.15) is 43.6 Å². The number of benzene rings is 2. The van der Waals surface area contributed by atoms with Gasteiger partial charge in [0.2, 0.25) is 11.8 Å². The van der Waals surface area contributed by atoms with Gasteiger partial charge in [0.05, 0.1) is 0 Å². The number of nitrogens with one attached hydrogen (secondary N) is 4. The molecule has 9 heteroatoms. The largest absolute Gasteiger partial charge is 0.444 e. The Morgan fingerprint density at radius 2 is 1.62 bits per heavy atom. The fourth-order valence-electron chi connectivity index (χ4n) is 2.66. The van der Waals surface area contributed by atoms with E-state index in [1.807, 2.05) is 0 Å². The number of hydrogen-bond acceptors (Lipinski definition) is 5. The molecule has 2 aromatic rings. The number of anilines is 2. The van der Waals surface area contributed by atoms with E-state index in [9.17, 15) is 19.2 Å². The van der Waals surface area contributed by atoms with Crippen molar-refractivity contribution in [2.24, 2.45) is 0 Å². The lowest BCUT2D eigenvalue weighted by Gasteiger charge is -2.19. The first-order valence-electron chi connectivity index (χ1n) is 10.0. The maximum Gasteiger partial charge on any atom is 0.408 e. The van der Waals surface area contributed by atoms with Crippen LogP contribution in [0.25, 0.3) is 0 Å². The van der Waals surface area contributed by atoms with Gasteiger partial charge in [0.25, 0.3) is 5.91 Å². The molecule has 170 valence electrons. The number of amides is 4. The summed E-state index contributed by atoms with van der Waals surface area (Å²) in [5, 5.41) is 10.5. The highest BCUT2D eigenvalue weighted by Crippen LogP contribution is 2.17. The summed E-state index contributed by atoms with van der Waals surface area (Å²) in [5.74, 6) is -0.993. The Morgan fingerprint density at radius 1 is 0.906 bits per heavy atom. The summed E-state index contributed by atoms with van der Waals surface area (Å²) >= 11 is 0. The monoisotopic (exact) mass is 440 g/mol. The number of alkyl carbamates (subject to hydrolysis) is 1.